The van der Waals surface area contributed by atoms with E-state index in [0.29, 0.717) is 23.7 Å². The number of amides is 1. The fourth-order valence-electron chi connectivity index (χ4n) is 1.92. The molecule has 1 amide bonds. The molecule has 4 nitrogen and oxygen atoms in total. The summed E-state index contributed by atoms with van der Waals surface area (Å²) in [5.74, 6) is -0.0786. The van der Waals surface area contributed by atoms with Gasteiger partial charge in [-0.25, -0.2) is 0 Å². The zero-order valence-electron chi connectivity index (χ0n) is 12.0. The van der Waals surface area contributed by atoms with Crippen LogP contribution in [0, 0.1) is 6.92 Å². The zero-order chi connectivity index (χ0) is 14.6. The number of nitrogen functional groups attached to an aromatic ring is 1. The molecule has 19 heavy (non-hydrogen) atoms. The van der Waals surface area contributed by atoms with Gasteiger partial charge in [-0.1, -0.05) is 6.07 Å². The van der Waals surface area contributed by atoms with Crippen molar-refractivity contribution >= 4 is 22.4 Å². The van der Waals surface area contributed by atoms with Gasteiger partial charge in [-0.15, -0.1) is 0 Å². The van der Waals surface area contributed by atoms with Gasteiger partial charge >= 0.3 is 0 Å². The third kappa shape index (κ3) is 3.35. The van der Waals surface area contributed by atoms with Gasteiger partial charge in [0.1, 0.15) is 5.25 Å². The number of hydrogen-bond acceptors (Lipinski definition) is 3. The average Bonchev–Trinajstić information content (AvgIpc) is 2.41. The Hall–Kier alpha value is -1.36. The van der Waals surface area contributed by atoms with Crippen LogP contribution in [-0.4, -0.2) is 33.4 Å². The molecular weight excluding hydrogens is 260 g/mol. The lowest BCUT2D eigenvalue weighted by atomic mass is 10.2. The van der Waals surface area contributed by atoms with Gasteiger partial charge in [-0.2, -0.15) is 0 Å². The molecule has 2 N–H and O–H groups in total. The van der Waals surface area contributed by atoms with E-state index in [4.69, 9.17) is 5.73 Å². The number of carbonyl (C=O) groups is 1. The average molecular weight is 282 g/mol. The second kappa shape index (κ2) is 6.70. The van der Waals surface area contributed by atoms with E-state index >= 15 is 0 Å². The number of rotatable bonds is 5. The monoisotopic (exact) mass is 282 g/mol. The molecule has 0 aliphatic carbocycles. The van der Waals surface area contributed by atoms with Gasteiger partial charge in [0, 0.05) is 23.7 Å². The third-order valence-electron chi connectivity index (χ3n) is 3.29. The summed E-state index contributed by atoms with van der Waals surface area (Å²) in [5.41, 5.74) is 7.21. The Bertz CT molecular complexity index is 484. The topological polar surface area (TPSA) is 63.4 Å². The molecule has 0 saturated heterocycles. The van der Waals surface area contributed by atoms with Gasteiger partial charge in [-0.05, 0) is 45.4 Å². The molecule has 2 unspecified atom stereocenters. The van der Waals surface area contributed by atoms with E-state index in [-0.39, 0.29) is 5.91 Å². The summed E-state index contributed by atoms with van der Waals surface area (Å²) in [5, 5.41) is -0.555. The van der Waals surface area contributed by atoms with Crippen molar-refractivity contribution in [2.24, 2.45) is 0 Å². The van der Waals surface area contributed by atoms with Crippen LogP contribution >= 0.6 is 0 Å². The highest BCUT2D eigenvalue weighted by Gasteiger charge is 2.26. The number of hydrogen-bond donors (Lipinski definition) is 1. The highest BCUT2D eigenvalue weighted by Crippen LogP contribution is 2.22. The van der Waals surface area contributed by atoms with Crippen LogP contribution < -0.4 is 5.73 Å². The lowest BCUT2D eigenvalue weighted by Crippen LogP contribution is -2.39. The van der Waals surface area contributed by atoms with E-state index in [9.17, 15) is 9.00 Å². The Morgan fingerprint density at radius 3 is 2.47 bits per heavy atom. The van der Waals surface area contributed by atoms with E-state index in [0.717, 1.165) is 5.56 Å². The lowest BCUT2D eigenvalue weighted by Gasteiger charge is -2.23. The van der Waals surface area contributed by atoms with Crippen molar-refractivity contribution < 1.29 is 9.00 Å². The Balaban J connectivity index is 3.00. The zero-order valence-corrected chi connectivity index (χ0v) is 12.8. The standard InChI is InChI=1S/C14H22N2O2S/c1-5-16(6-2)14(17)11(4)19(18)13-9-7-8-12(15)10(13)3/h7-9,11H,5-6,15H2,1-4H3. The molecule has 2 atom stereocenters. The van der Waals surface area contributed by atoms with E-state index in [1.54, 1.807) is 30.0 Å². The van der Waals surface area contributed by atoms with Crippen LogP contribution in [0.4, 0.5) is 5.69 Å². The highest BCUT2D eigenvalue weighted by atomic mass is 32.2. The van der Waals surface area contributed by atoms with Gasteiger partial charge < -0.3 is 10.6 Å². The maximum atomic E-state index is 12.5. The molecule has 1 rings (SSSR count). The molecule has 0 saturated carbocycles. The van der Waals surface area contributed by atoms with Crippen molar-refractivity contribution in [3.63, 3.8) is 0 Å². The van der Waals surface area contributed by atoms with Gasteiger partial charge in [0.05, 0.1) is 10.8 Å². The molecule has 0 aliphatic rings. The summed E-state index contributed by atoms with van der Waals surface area (Å²) in [6.45, 7) is 8.64. The van der Waals surface area contributed by atoms with E-state index < -0.39 is 16.0 Å². The first-order valence-electron chi connectivity index (χ1n) is 6.48. The fourth-order valence-corrected chi connectivity index (χ4v) is 3.27. The second-order valence-electron chi connectivity index (χ2n) is 4.42. The molecule has 0 bridgehead atoms. The Labute approximate surface area is 117 Å². The summed E-state index contributed by atoms with van der Waals surface area (Å²) >= 11 is 0. The molecule has 0 heterocycles. The summed E-state index contributed by atoms with van der Waals surface area (Å²) in [6.07, 6.45) is 0. The predicted molar refractivity (Wildman–Crippen MR) is 79.4 cm³/mol. The first-order valence-corrected chi connectivity index (χ1v) is 7.69. The number of anilines is 1. The molecule has 0 aliphatic heterocycles. The second-order valence-corrected chi connectivity index (χ2v) is 6.16. The van der Waals surface area contributed by atoms with Crippen LogP contribution in [0.3, 0.4) is 0 Å². The molecular formula is C14H22N2O2S. The number of nitrogens with zero attached hydrogens (tertiary/aromatic N) is 1. The van der Waals surface area contributed by atoms with Crippen molar-refractivity contribution in [3.05, 3.63) is 23.8 Å². The Morgan fingerprint density at radius 1 is 1.37 bits per heavy atom. The maximum Gasteiger partial charge on any atom is 0.238 e. The molecule has 1 aromatic rings. The largest absolute Gasteiger partial charge is 0.398 e. The van der Waals surface area contributed by atoms with Gasteiger partial charge in [0.15, 0.2) is 0 Å². The first-order chi connectivity index (χ1) is 8.93. The highest BCUT2D eigenvalue weighted by molar-refractivity contribution is 7.86. The predicted octanol–water partition coefficient (Wildman–Crippen LogP) is 1.94. The molecule has 5 heteroatoms. The van der Waals surface area contributed by atoms with Crippen molar-refractivity contribution in [1.29, 1.82) is 0 Å². The van der Waals surface area contributed by atoms with E-state index in [1.807, 2.05) is 20.8 Å². The summed E-state index contributed by atoms with van der Waals surface area (Å²) in [7, 11) is -1.38. The van der Waals surface area contributed by atoms with E-state index in [2.05, 4.69) is 0 Å². The van der Waals surface area contributed by atoms with Crippen LogP contribution in [0.5, 0.6) is 0 Å². The summed E-state index contributed by atoms with van der Waals surface area (Å²) in [6, 6.07) is 5.31. The van der Waals surface area contributed by atoms with Gasteiger partial charge in [-0.3, -0.25) is 9.00 Å². The summed E-state index contributed by atoms with van der Waals surface area (Å²) in [4.78, 5) is 14.6. The van der Waals surface area contributed by atoms with E-state index in [1.165, 1.54) is 0 Å². The Kier molecular flexibility index (Phi) is 5.54. The quantitative estimate of drug-likeness (QED) is 0.839. The molecule has 0 aromatic heterocycles. The van der Waals surface area contributed by atoms with Crippen LogP contribution in [-0.2, 0) is 15.6 Å². The minimum absolute atomic E-state index is 0.0786. The smallest absolute Gasteiger partial charge is 0.238 e. The van der Waals surface area contributed by atoms with Gasteiger partial charge in [0.2, 0.25) is 5.91 Å². The van der Waals surface area contributed by atoms with Crippen LogP contribution in [0.15, 0.2) is 23.1 Å². The number of carbonyl (C=O) groups excluding carboxylic acids is 1. The first kappa shape index (κ1) is 15.7. The molecule has 106 valence electrons. The third-order valence-corrected chi connectivity index (χ3v) is 5.01. The SMILES string of the molecule is CCN(CC)C(=O)C(C)S(=O)c1cccc(N)c1C. The fraction of sp³-hybridized carbons (Fsp3) is 0.500. The molecule has 0 fully saturated rings. The molecule has 0 radical (unpaired) electrons. The normalized spacial score (nSPS) is 13.9. The molecule has 0 spiro atoms. The van der Waals surface area contributed by atoms with Crippen molar-refractivity contribution in [2.75, 3.05) is 18.8 Å². The van der Waals surface area contributed by atoms with Gasteiger partial charge in [0.25, 0.3) is 0 Å². The maximum absolute atomic E-state index is 12.5. The summed E-state index contributed by atoms with van der Waals surface area (Å²) < 4.78 is 12.5. The van der Waals surface area contributed by atoms with Crippen molar-refractivity contribution in [2.45, 2.75) is 37.8 Å². The van der Waals surface area contributed by atoms with Crippen LogP contribution in [0.25, 0.3) is 0 Å². The van der Waals surface area contributed by atoms with Crippen LogP contribution in [0.1, 0.15) is 26.3 Å². The minimum Gasteiger partial charge on any atom is -0.398 e. The lowest BCUT2D eigenvalue weighted by molar-refractivity contribution is -0.129. The van der Waals surface area contributed by atoms with Crippen molar-refractivity contribution in [1.82, 2.24) is 4.90 Å². The van der Waals surface area contributed by atoms with Crippen molar-refractivity contribution in [3.8, 4) is 0 Å². The molecule has 1 aromatic carbocycles. The minimum atomic E-state index is -1.38. The number of benzene rings is 1. The van der Waals surface area contributed by atoms with Crippen LogP contribution in [0.2, 0.25) is 0 Å². The number of nitrogens with two attached hydrogens (primary N) is 1. The Morgan fingerprint density at radius 2 is 1.95 bits per heavy atom.